The Hall–Kier alpha value is -0.280. The molecule has 0 amide bonds. The van der Waals surface area contributed by atoms with E-state index in [0.29, 0.717) is 35.5 Å². The van der Waals surface area contributed by atoms with Crippen molar-refractivity contribution < 1.29 is 33.2 Å². The van der Waals surface area contributed by atoms with Crippen molar-refractivity contribution in [3.8, 4) is 0 Å². The zero-order valence-corrected chi connectivity index (χ0v) is 23.4. The van der Waals surface area contributed by atoms with E-state index in [2.05, 4.69) is 41.5 Å². The van der Waals surface area contributed by atoms with Gasteiger partial charge >= 0.3 is 0 Å². The molecule has 16 atom stereocenters. The summed E-state index contributed by atoms with van der Waals surface area (Å²) in [6.07, 6.45) is 7.33. The van der Waals surface area contributed by atoms with Gasteiger partial charge in [0.05, 0.1) is 0 Å². The van der Waals surface area contributed by atoms with Gasteiger partial charge in [0.1, 0.15) is 11.2 Å². The summed E-state index contributed by atoms with van der Waals surface area (Å²) in [5.41, 5.74) is -0.707. The van der Waals surface area contributed by atoms with E-state index in [4.69, 9.17) is 33.2 Å². The second-order valence-electron chi connectivity index (χ2n) is 14.6. The highest BCUT2D eigenvalue weighted by atomic mass is 16.9. The van der Waals surface area contributed by atoms with Crippen molar-refractivity contribution >= 4 is 0 Å². The Bertz CT molecular complexity index is 886. The molecule has 0 aromatic heterocycles. The lowest BCUT2D eigenvalue weighted by atomic mass is 9.57. The summed E-state index contributed by atoms with van der Waals surface area (Å²) in [4.78, 5) is 0. The molecule has 6 saturated heterocycles. The Morgan fingerprint density at radius 3 is 1.43 bits per heavy atom. The van der Waals surface area contributed by atoms with Gasteiger partial charge < -0.3 is 33.2 Å². The maximum atomic E-state index is 6.85. The van der Waals surface area contributed by atoms with Gasteiger partial charge in [-0.2, -0.15) is 0 Å². The number of ether oxygens (including phenoxy) is 7. The van der Waals surface area contributed by atoms with Crippen LogP contribution >= 0.6 is 0 Å². The quantitative estimate of drug-likeness (QED) is 0.474. The summed E-state index contributed by atoms with van der Waals surface area (Å²) in [6, 6.07) is 0. The maximum Gasteiger partial charge on any atom is 0.193 e. The first kappa shape index (κ1) is 24.5. The van der Waals surface area contributed by atoms with E-state index in [0.717, 1.165) is 38.5 Å². The molecule has 2 spiro atoms. The third-order valence-corrected chi connectivity index (χ3v) is 12.5. The number of hydrogen-bond donors (Lipinski definition) is 0. The van der Waals surface area contributed by atoms with E-state index in [9.17, 15) is 0 Å². The van der Waals surface area contributed by atoms with Crippen LogP contribution in [0.5, 0.6) is 0 Å². The van der Waals surface area contributed by atoms with Crippen LogP contribution in [-0.4, -0.2) is 47.9 Å². The number of rotatable bonds is 2. The minimum atomic E-state index is -0.554. The van der Waals surface area contributed by atoms with Gasteiger partial charge in [-0.05, 0) is 76.0 Å². The first-order valence-electron chi connectivity index (χ1n) is 15.3. The van der Waals surface area contributed by atoms with Crippen LogP contribution in [-0.2, 0) is 33.2 Å². The highest BCUT2D eigenvalue weighted by Gasteiger charge is 2.74. The molecular weight excluding hydrogens is 472 g/mol. The Kier molecular flexibility index (Phi) is 5.11. The minimum absolute atomic E-state index is 0.193. The van der Waals surface area contributed by atoms with Crippen LogP contribution in [0.15, 0.2) is 0 Å². The number of hydrogen-bond acceptors (Lipinski definition) is 7. The molecule has 6 heterocycles. The summed E-state index contributed by atoms with van der Waals surface area (Å²) in [5, 5.41) is 0. The van der Waals surface area contributed by atoms with Gasteiger partial charge in [-0.25, -0.2) is 0 Å². The molecule has 2 saturated carbocycles. The molecule has 2 aliphatic carbocycles. The van der Waals surface area contributed by atoms with Crippen LogP contribution in [0.2, 0.25) is 0 Å². The Morgan fingerprint density at radius 2 is 1.00 bits per heavy atom. The summed E-state index contributed by atoms with van der Waals surface area (Å²) in [5.74, 6) is 2.19. The molecule has 8 fully saturated rings. The van der Waals surface area contributed by atoms with Gasteiger partial charge in [0.15, 0.2) is 36.7 Å². The van der Waals surface area contributed by atoms with E-state index >= 15 is 0 Å². The van der Waals surface area contributed by atoms with Gasteiger partial charge in [0.2, 0.25) is 0 Å². The van der Waals surface area contributed by atoms with Crippen LogP contribution in [0.4, 0.5) is 0 Å². The van der Waals surface area contributed by atoms with E-state index < -0.39 is 24.2 Å². The van der Waals surface area contributed by atoms with E-state index in [1.165, 1.54) is 12.8 Å². The van der Waals surface area contributed by atoms with Gasteiger partial charge in [-0.3, -0.25) is 0 Å². The lowest BCUT2D eigenvalue weighted by molar-refractivity contribution is -0.402. The van der Waals surface area contributed by atoms with E-state index in [1.54, 1.807) is 0 Å². The third-order valence-electron chi connectivity index (χ3n) is 12.5. The van der Waals surface area contributed by atoms with Crippen molar-refractivity contribution in [1.29, 1.82) is 0 Å². The normalized spacial score (nSPS) is 65.7. The SMILES string of the molecule is C[C@@H]1CC[C@H]2[C@H](C)C(OC3O[C@@H]4O[C@@]5(C)CC[C@H]6[C@H](C)CC[C@@H]([C@@H]3C)[C@@]46O5)O[C@@H]3O[C@@]4(C)CC[C@@H]1[C@]32O4. The zero-order chi connectivity index (χ0) is 25.5. The topological polar surface area (TPSA) is 64.6 Å². The average molecular weight is 519 g/mol. The smallest absolute Gasteiger partial charge is 0.193 e. The van der Waals surface area contributed by atoms with Crippen molar-refractivity contribution in [3.05, 3.63) is 0 Å². The van der Waals surface area contributed by atoms with Crippen molar-refractivity contribution in [2.75, 3.05) is 0 Å². The van der Waals surface area contributed by atoms with Crippen LogP contribution in [0, 0.1) is 47.3 Å². The van der Waals surface area contributed by atoms with Gasteiger partial charge in [0, 0.05) is 36.5 Å². The lowest BCUT2D eigenvalue weighted by Gasteiger charge is -2.60. The molecule has 37 heavy (non-hydrogen) atoms. The fourth-order valence-corrected chi connectivity index (χ4v) is 10.7. The lowest BCUT2D eigenvalue weighted by Crippen LogP contribution is -2.68. The zero-order valence-electron chi connectivity index (χ0n) is 23.4. The van der Waals surface area contributed by atoms with Crippen LogP contribution < -0.4 is 0 Å². The van der Waals surface area contributed by atoms with Gasteiger partial charge in [-0.1, -0.05) is 27.7 Å². The summed E-state index contributed by atoms with van der Waals surface area (Å²) in [7, 11) is 0. The predicted octanol–water partition coefficient (Wildman–Crippen LogP) is 5.56. The first-order chi connectivity index (χ1) is 17.6. The number of fused-ring (bicyclic) bond motifs is 2. The van der Waals surface area contributed by atoms with Gasteiger partial charge in [0.25, 0.3) is 0 Å². The van der Waals surface area contributed by atoms with Crippen LogP contribution in [0.3, 0.4) is 0 Å². The highest BCUT2D eigenvalue weighted by Crippen LogP contribution is 2.66. The molecule has 0 aromatic rings. The fourth-order valence-electron chi connectivity index (χ4n) is 10.7. The van der Waals surface area contributed by atoms with E-state index in [1.807, 2.05) is 0 Å². The summed E-state index contributed by atoms with van der Waals surface area (Å²) < 4.78 is 47.1. The molecule has 7 nitrogen and oxygen atoms in total. The first-order valence-corrected chi connectivity index (χ1v) is 15.3. The van der Waals surface area contributed by atoms with Crippen molar-refractivity contribution in [2.45, 2.75) is 141 Å². The Morgan fingerprint density at radius 1 is 0.568 bits per heavy atom. The monoisotopic (exact) mass is 518 g/mol. The molecule has 208 valence electrons. The standard InChI is InChI=1S/C30H46O7/c1-15-7-9-21-17(3)23(32-25-29(21)19(15)11-13-27(5,34-25)36-29)31-24-18(4)22-10-8-16(2)20-12-14-28(6)35-26(33-24)30(20,22)37-28/h15-26H,7-14H2,1-6H3/t15-,16-,17+,18+,19+,20+,21+,22+,23?,24?,25-,26-,27-,28-,29-,30-/m1/s1. The molecule has 0 aromatic carbocycles. The Labute approximate surface area is 221 Å². The molecule has 8 aliphatic rings. The minimum Gasteiger partial charge on any atom is -0.338 e. The highest BCUT2D eigenvalue weighted by molar-refractivity contribution is 5.14. The van der Waals surface area contributed by atoms with Crippen molar-refractivity contribution in [3.63, 3.8) is 0 Å². The van der Waals surface area contributed by atoms with Crippen molar-refractivity contribution in [2.24, 2.45) is 47.3 Å². The van der Waals surface area contributed by atoms with Crippen molar-refractivity contribution in [1.82, 2.24) is 0 Å². The van der Waals surface area contributed by atoms with Crippen LogP contribution in [0.25, 0.3) is 0 Å². The predicted molar refractivity (Wildman–Crippen MR) is 133 cm³/mol. The molecule has 0 N–H and O–H groups in total. The summed E-state index contributed by atoms with van der Waals surface area (Å²) in [6.45, 7) is 13.5. The van der Waals surface area contributed by atoms with Gasteiger partial charge in [-0.15, -0.1) is 0 Å². The van der Waals surface area contributed by atoms with Crippen LogP contribution in [0.1, 0.15) is 92.9 Å². The molecule has 0 radical (unpaired) electrons. The Balaban J connectivity index is 1.08. The molecular formula is C30H46O7. The molecule has 6 aliphatic heterocycles. The average Bonchev–Trinajstić information content (AvgIpc) is 3.20. The maximum absolute atomic E-state index is 6.85. The second kappa shape index (κ2) is 7.71. The largest absolute Gasteiger partial charge is 0.338 e. The second-order valence-corrected chi connectivity index (χ2v) is 14.6. The molecule has 2 unspecified atom stereocenters. The molecule has 8 rings (SSSR count). The third kappa shape index (κ3) is 3.03. The fraction of sp³-hybridized carbons (Fsp3) is 1.00. The summed E-state index contributed by atoms with van der Waals surface area (Å²) >= 11 is 0. The molecule has 7 heteroatoms. The molecule has 4 bridgehead atoms. The van der Waals surface area contributed by atoms with E-state index in [-0.39, 0.29) is 35.6 Å².